The van der Waals surface area contributed by atoms with Gasteiger partial charge in [0, 0.05) is 43.9 Å². The van der Waals surface area contributed by atoms with Crippen LogP contribution in [0.2, 0.25) is 0 Å². The summed E-state index contributed by atoms with van der Waals surface area (Å²) in [6.07, 6.45) is 3.60. The Hall–Kier alpha value is -3.75. The highest BCUT2D eigenvalue weighted by Gasteiger charge is 2.32. The topological polar surface area (TPSA) is 94.9 Å². The summed E-state index contributed by atoms with van der Waals surface area (Å²) >= 11 is 0. The number of hydrogen-bond acceptors (Lipinski definition) is 7. The van der Waals surface area contributed by atoms with E-state index in [-0.39, 0.29) is 11.6 Å². The molecule has 0 spiro atoms. The zero-order valence-electron chi connectivity index (χ0n) is 17.7. The van der Waals surface area contributed by atoms with E-state index in [1.165, 1.54) is 16.3 Å². The number of anilines is 1. The Morgan fingerprint density at radius 3 is 2.77 bits per heavy atom. The summed E-state index contributed by atoms with van der Waals surface area (Å²) in [7, 11) is 3.52. The summed E-state index contributed by atoms with van der Waals surface area (Å²) in [6, 6.07) is 11.8. The van der Waals surface area contributed by atoms with Crippen molar-refractivity contribution in [1.82, 2.24) is 29.7 Å². The number of benzene rings is 1. The summed E-state index contributed by atoms with van der Waals surface area (Å²) in [5, 5.41) is 17.2. The van der Waals surface area contributed by atoms with E-state index in [1.807, 2.05) is 29.8 Å². The van der Waals surface area contributed by atoms with Crippen LogP contribution in [0.3, 0.4) is 0 Å². The van der Waals surface area contributed by atoms with Gasteiger partial charge in [0.1, 0.15) is 5.69 Å². The first kappa shape index (κ1) is 19.2. The van der Waals surface area contributed by atoms with Gasteiger partial charge in [0.2, 0.25) is 5.95 Å². The summed E-state index contributed by atoms with van der Waals surface area (Å²) in [5.74, 6) is 2.10. The van der Waals surface area contributed by atoms with Crippen LogP contribution < -0.4 is 10.5 Å². The molecule has 31 heavy (non-hydrogen) atoms. The van der Waals surface area contributed by atoms with Gasteiger partial charge in [-0.1, -0.05) is 28.9 Å². The molecular weight excluding hydrogens is 394 g/mol. The fraction of sp³-hybridized carbons (Fsp3) is 0.318. The first-order chi connectivity index (χ1) is 15.0. The van der Waals surface area contributed by atoms with Crippen LogP contribution in [0.5, 0.6) is 0 Å². The van der Waals surface area contributed by atoms with E-state index in [9.17, 15) is 4.79 Å². The molecule has 1 saturated heterocycles. The largest absolute Gasteiger partial charge is 0.356 e. The van der Waals surface area contributed by atoms with E-state index >= 15 is 0 Å². The van der Waals surface area contributed by atoms with Crippen LogP contribution >= 0.6 is 0 Å². The fourth-order valence-corrected chi connectivity index (χ4v) is 4.11. The Balaban J connectivity index is 1.46. The minimum atomic E-state index is -0.188. The predicted molar refractivity (Wildman–Crippen MR) is 115 cm³/mol. The smallest absolute Gasteiger partial charge is 0.267 e. The molecule has 0 aliphatic carbocycles. The SMILES string of the molecule is Cc1cccc(-c2cc(C3CCCN3c3nnc(-c4cnn(C)c(=O)c4)n3C)no2)c1. The average Bonchev–Trinajstić information content (AvgIpc) is 3.49. The van der Waals surface area contributed by atoms with Crippen molar-refractivity contribution in [3.63, 3.8) is 0 Å². The minimum absolute atomic E-state index is 0.0554. The van der Waals surface area contributed by atoms with Crippen molar-refractivity contribution in [3.8, 4) is 22.7 Å². The molecule has 9 heteroatoms. The molecule has 1 aliphatic heterocycles. The Kier molecular flexibility index (Phi) is 4.65. The molecule has 4 aromatic rings. The van der Waals surface area contributed by atoms with Gasteiger partial charge in [-0.3, -0.25) is 9.36 Å². The lowest BCUT2D eigenvalue weighted by molar-refractivity contribution is 0.416. The second-order valence-electron chi connectivity index (χ2n) is 7.93. The third-order valence-electron chi connectivity index (χ3n) is 5.76. The maximum atomic E-state index is 12.0. The molecule has 0 bridgehead atoms. The first-order valence-corrected chi connectivity index (χ1v) is 10.2. The van der Waals surface area contributed by atoms with E-state index in [0.29, 0.717) is 11.4 Å². The van der Waals surface area contributed by atoms with E-state index in [4.69, 9.17) is 4.52 Å². The molecular formula is C22H23N7O2. The Bertz CT molecular complexity index is 1300. The lowest BCUT2D eigenvalue weighted by atomic mass is 10.1. The molecule has 0 radical (unpaired) electrons. The Labute approximate surface area is 178 Å². The van der Waals surface area contributed by atoms with Crippen LogP contribution in [0.4, 0.5) is 5.95 Å². The van der Waals surface area contributed by atoms with Gasteiger partial charge >= 0.3 is 0 Å². The van der Waals surface area contributed by atoms with Crippen molar-refractivity contribution < 1.29 is 4.52 Å². The number of aryl methyl sites for hydroxylation is 2. The van der Waals surface area contributed by atoms with Crippen LogP contribution in [0.1, 0.15) is 30.1 Å². The molecule has 0 saturated carbocycles. The molecule has 1 unspecified atom stereocenters. The molecule has 158 valence electrons. The van der Waals surface area contributed by atoms with E-state index in [2.05, 4.69) is 44.4 Å². The number of hydrogen-bond donors (Lipinski definition) is 0. The third kappa shape index (κ3) is 3.41. The minimum Gasteiger partial charge on any atom is -0.356 e. The van der Waals surface area contributed by atoms with Crippen molar-refractivity contribution in [2.75, 3.05) is 11.4 Å². The summed E-state index contributed by atoms with van der Waals surface area (Å²) in [4.78, 5) is 14.2. The average molecular weight is 417 g/mol. The van der Waals surface area contributed by atoms with E-state index in [1.54, 1.807) is 13.2 Å². The second kappa shape index (κ2) is 7.50. The van der Waals surface area contributed by atoms with Gasteiger partial charge in [-0.25, -0.2) is 4.68 Å². The number of rotatable bonds is 4. The highest BCUT2D eigenvalue weighted by atomic mass is 16.5. The summed E-state index contributed by atoms with van der Waals surface area (Å²) in [5.41, 5.74) is 3.53. The maximum Gasteiger partial charge on any atom is 0.267 e. The zero-order valence-corrected chi connectivity index (χ0v) is 17.7. The van der Waals surface area contributed by atoms with Gasteiger partial charge in [-0.2, -0.15) is 5.10 Å². The fourth-order valence-electron chi connectivity index (χ4n) is 4.11. The van der Waals surface area contributed by atoms with E-state index < -0.39 is 0 Å². The van der Waals surface area contributed by atoms with Gasteiger partial charge in [0.25, 0.3) is 5.56 Å². The second-order valence-corrected chi connectivity index (χ2v) is 7.93. The highest BCUT2D eigenvalue weighted by molar-refractivity contribution is 5.59. The first-order valence-electron chi connectivity index (χ1n) is 10.2. The molecule has 1 atom stereocenters. The monoisotopic (exact) mass is 417 g/mol. The molecule has 3 aromatic heterocycles. The zero-order chi connectivity index (χ0) is 21.5. The Morgan fingerprint density at radius 2 is 1.97 bits per heavy atom. The third-order valence-corrected chi connectivity index (χ3v) is 5.76. The molecule has 0 amide bonds. The number of nitrogens with zero attached hydrogens (tertiary/aromatic N) is 7. The normalized spacial score (nSPS) is 16.2. The van der Waals surface area contributed by atoms with Crippen LogP contribution in [0.25, 0.3) is 22.7 Å². The van der Waals surface area contributed by atoms with Crippen LogP contribution in [-0.2, 0) is 14.1 Å². The maximum absolute atomic E-state index is 12.0. The standard InChI is InChI=1S/C22H23N7O2/c1-14-6-4-7-15(10-14)19-12-17(26-31-19)18-8-5-9-29(18)22-25-24-21(27(22)2)16-11-20(30)28(3)23-13-16/h4,6-7,10-13,18H,5,8-9H2,1-3H3. The molecule has 1 aromatic carbocycles. The van der Waals surface area contributed by atoms with Crippen molar-refractivity contribution in [2.45, 2.75) is 25.8 Å². The van der Waals surface area contributed by atoms with E-state index in [0.717, 1.165) is 42.4 Å². The van der Waals surface area contributed by atoms with Crippen molar-refractivity contribution in [3.05, 3.63) is 64.2 Å². The summed E-state index contributed by atoms with van der Waals surface area (Å²) in [6.45, 7) is 2.90. The van der Waals surface area contributed by atoms with Crippen molar-refractivity contribution in [2.24, 2.45) is 14.1 Å². The molecule has 5 rings (SSSR count). The van der Waals surface area contributed by atoms with Crippen molar-refractivity contribution >= 4 is 5.95 Å². The van der Waals surface area contributed by atoms with Crippen LogP contribution in [-0.4, -0.2) is 36.2 Å². The lowest BCUT2D eigenvalue weighted by Crippen LogP contribution is -2.25. The van der Waals surface area contributed by atoms with Gasteiger partial charge in [-0.15, -0.1) is 10.2 Å². The van der Waals surface area contributed by atoms with Crippen LogP contribution in [0, 0.1) is 6.92 Å². The quantitative estimate of drug-likeness (QED) is 0.504. The van der Waals surface area contributed by atoms with Crippen LogP contribution in [0.15, 0.2) is 51.9 Å². The van der Waals surface area contributed by atoms with Gasteiger partial charge < -0.3 is 9.42 Å². The predicted octanol–water partition coefficient (Wildman–Crippen LogP) is 2.88. The Morgan fingerprint density at radius 1 is 1.10 bits per heavy atom. The number of aromatic nitrogens is 6. The highest BCUT2D eigenvalue weighted by Crippen LogP contribution is 2.37. The van der Waals surface area contributed by atoms with Gasteiger partial charge in [-0.05, 0) is 25.8 Å². The van der Waals surface area contributed by atoms with Crippen molar-refractivity contribution in [1.29, 1.82) is 0 Å². The summed E-state index contributed by atoms with van der Waals surface area (Å²) < 4.78 is 8.85. The molecule has 1 aliphatic rings. The van der Waals surface area contributed by atoms with Gasteiger partial charge in [0.05, 0.1) is 12.2 Å². The molecule has 1 fully saturated rings. The van der Waals surface area contributed by atoms with Gasteiger partial charge in [0.15, 0.2) is 11.6 Å². The molecule has 4 heterocycles. The molecule has 9 nitrogen and oxygen atoms in total. The molecule has 0 N–H and O–H groups in total. The lowest BCUT2D eigenvalue weighted by Gasteiger charge is -2.23.